The van der Waals surface area contributed by atoms with Crippen LogP contribution in [0.3, 0.4) is 0 Å². The molecule has 7 heteroatoms. The highest BCUT2D eigenvalue weighted by Crippen LogP contribution is 2.45. The summed E-state index contributed by atoms with van der Waals surface area (Å²) < 4.78 is 5.60. The minimum absolute atomic E-state index is 0.175. The number of fused-ring (bicyclic) bond motifs is 2. The van der Waals surface area contributed by atoms with Crippen molar-refractivity contribution < 1.29 is 4.74 Å². The molecular formula is C15H10Cl2N4O. The molecule has 0 saturated carbocycles. The zero-order valence-electron chi connectivity index (χ0n) is 11.3. The van der Waals surface area contributed by atoms with E-state index in [0.29, 0.717) is 45.5 Å². The highest BCUT2D eigenvalue weighted by Gasteiger charge is 2.25. The molecule has 2 aromatic heterocycles. The first-order chi connectivity index (χ1) is 10.6. The number of benzene rings is 1. The van der Waals surface area contributed by atoms with Crippen molar-refractivity contribution in [3.8, 4) is 17.0 Å². The van der Waals surface area contributed by atoms with E-state index >= 15 is 0 Å². The lowest BCUT2D eigenvalue weighted by molar-refractivity contribution is 0.357. The van der Waals surface area contributed by atoms with E-state index in [2.05, 4.69) is 15.0 Å². The van der Waals surface area contributed by atoms with Crippen molar-refractivity contribution in [1.82, 2.24) is 15.0 Å². The second-order valence-electron chi connectivity index (χ2n) is 4.92. The van der Waals surface area contributed by atoms with Crippen LogP contribution in [-0.2, 0) is 6.42 Å². The van der Waals surface area contributed by atoms with Crippen molar-refractivity contribution in [3.63, 3.8) is 0 Å². The Morgan fingerprint density at radius 2 is 2.05 bits per heavy atom. The number of ether oxygens (including phenoxy) is 1. The monoisotopic (exact) mass is 332 g/mol. The third-order valence-electron chi connectivity index (χ3n) is 3.59. The molecular weight excluding hydrogens is 323 g/mol. The summed E-state index contributed by atoms with van der Waals surface area (Å²) in [6.07, 6.45) is 2.40. The number of nitrogens with zero attached hydrogens (tertiary/aromatic N) is 3. The molecule has 0 saturated heterocycles. The highest BCUT2D eigenvalue weighted by atomic mass is 35.5. The normalized spacial score (nSPS) is 13.2. The van der Waals surface area contributed by atoms with Crippen LogP contribution >= 0.6 is 23.2 Å². The number of hydrogen-bond acceptors (Lipinski definition) is 5. The van der Waals surface area contributed by atoms with Crippen LogP contribution in [0.2, 0.25) is 10.0 Å². The Labute approximate surface area is 136 Å². The summed E-state index contributed by atoms with van der Waals surface area (Å²) >= 11 is 12.6. The molecule has 0 radical (unpaired) electrons. The molecule has 0 unspecified atom stereocenters. The number of hydrogen-bond donors (Lipinski definition) is 1. The molecule has 4 rings (SSSR count). The van der Waals surface area contributed by atoms with Gasteiger partial charge in [0.25, 0.3) is 0 Å². The van der Waals surface area contributed by atoms with Gasteiger partial charge in [-0.2, -0.15) is 0 Å². The van der Waals surface area contributed by atoms with Crippen molar-refractivity contribution in [2.24, 2.45) is 0 Å². The summed E-state index contributed by atoms with van der Waals surface area (Å²) in [6.45, 7) is 0.564. The molecule has 0 amide bonds. The molecule has 0 spiro atoms. The molecule has 0 bridgehead atoms. The second-order valence-corrected chi connectivity index (χ2v) is 5.74. The molecule has 22 heavy (non-hydrogen) atoms. The van der Waals surface area contributed by atoms with Crippen LogP contribution in [0, 0.1) is 0 Å². The largest absolute Gasteiger partial charge is 0.491 e. The summed E-state index contributed by atoms with van der Waals surface area (Å²) in [7, 11) is 0. The fourth-order valence-electron chi connectivity index (χ4n) is 2.72. The number of nitrogen functional groups attached to an aromatic ring is 1. The Bertz CT molecular complexity index is 914. The standard InChI is InChI=1S/C15H10Cl2N4O/c16-8-6-9(17)14-7(3-5-22-14)11(8)13-12-10(2-1-4-19-12)20-15(18)21-13/h1-2,4,6H,3,5H2,(H2,18,20,21). The van der Waals surface area contributed by atoms with Gasteiger partial charge in [-0.05, 0) is 18.2 Å². The van der Waals surface area contributed by atoms with Gasteiger partial charge in [-0.25, -0.2) is 9.97 Å². The first-order valence-corrected chi connectivity index (χ1v) is 7.43. The van der Waals surface area contributed by atoms with E-state index in [9.17, 15) is 0 Å². The fraction of sp³-hybridized carbons (Fsp3) is 0.133. The predicted octanol–water partition coefficient (Wildman–Crippen LogP) is 3.52. The Hall–Kier alpha value is -2.11. The van der Waals surface area contributed by atoms with Gasteiger partial charge in [0.15, 0.2) is 0 Å². The number of rotatable bonds is 1. The van der Waals surface area contributed by atoms with Gasteiger partial charge in [0.1, 0.15) is 17.0 Å². The van der Waals surface area contributed by atoms with Crippen LogP contribution in [-0.4, -0.2) is 21.6 Å². The van der Waals surface area contributed by atoms with Crippen LogP contribution in [0.5, 0.6) is 5.75 Å². The minimum Gasteiger partial charge on any atom is -0.491 e. The maximum atomic E-state index is 6.43. The van der Waals surface area contributed by atoms with E-state index in [1.165, 1.54) is 0 Å². The highest BCUT2D eigenvalue weighted by molar-refractivity contribution is 6.37. The lowest BCUT2D eigenvalue weighted by atomic mass is 10.0. The summed E-state index contributed by atoms with van der Waals surface area (Å²) in [5.41, 5.74) is 9.45. The first kappa shape index (κ1) is 13.5. The maximum Gasteiger partial charge on any atom is 0.221 e. The molecule has 1 aliphatic rings. The Morgan fingerprint density at radius 1 is 1.18 bits per heavy atom. The van der Waals surface area contributed by atoms with Crippen LogP contribution in [0.25, 0.3) is 22.3 Å². The van der Waals surface area contributed by atoms with Gasteiger partial charge in [0.2, 0.25) is 5.95 Å². The summed E-state index contributed by atoms with van der Waals surface area (Å²) in [5.74, 6) is 0.830. The average Bonchev–Trinajstić information content (AvgIpc) is 2.96. The molecule has 110 valence electrons. The zero-order valence-corrected chi connectivity index (χ0v) is 12.8. The molecule has 0 aliphatic carbocycles. The molecule has 5 nitrogen and oxygen atoms in total. The third-order valence-corrected chi connectivity index (χ3v) is 4.17. The molecule has 2 N–H and O–H groups in total. The smallest absolute Gasteiger partial charge is 0.221 e. The third kappa shape index (κ3) is 1.97. The first-order valence-electron chi connectivity index (χ1n) is 6.67. The van der Waals surface area contributed by atoms with Gasteiger partial charge in [0.05, 0.1) is 22.2 Å². The Morgan fingerprint density at radius 3 is 2.91 bits per heavy atom. The summed E-state index contributed by atoms with van der Waals surface area (Å²) in [5, 5.41) is 1.000. The van der Waals surface area contributed by atoms with Crippen molar-refractivity contribution in [2.45, 2.75) is 6.42 Å². The molecule has 0 fully saturated rings. The van der Waals surface area contributed by atoms with Gasteiger partial charge < -0.3 is 10.5 Å². The number of anilines is 1. The molecule has 1 aliphatic heterocycles. The van der Waals surface area contributed by atoms with Gasteiger partial charge in [-0.15, -0.1) is 0 Å². The zero-order chi connectivity index (χ0) is 15.3. The van der Waals surface area contributed by atoms with E-state index in [-0.39, 0.29) is 5.95 Å². The molecule has 3 heterocycles. The predicted molar refractivity (Wildman–Crippen MR) is 86.4 cm³/mol. The number of nitrogens with two attached hydrogens (primary N) is 1. The quantitative estimate of drug-likeness (QED) is 0.738. The van der Waals surface area contributed by atoms with Crippen molar-refractivity contribution in [2.75, 3.05) is 12.3 Å². The SMILES string of the molecule is Nc1nc(-c2c(Cl)cc(Cl)c3c2CCO3)c2ncccc2n1. The maximum absolute atomic E-state index is 6.43. The summed E-state index contributed by atoms with van der Waals surface area (Å²) in [4.78, 5) is 12.9. The number of aromatic nitrogens is 3. The number of halogens is 2. The van der Waals surface area contributed by atoms with Gasteiger partial charge in [0, 0.05) is 23.7 Å². The number of pyridine rings is 1. The molecule has 0 atom stereocenters. The van der Waals surface area contributed by atoms with Crippen molar-refractivity contribution in [3.05, 3.63) is 40.0 Å². The van der Waals surface area contributed by atoms with E-state index in [1.807, 2.05) is 6.07 Å². The topological polar surface area (TPSA) is 73.9 Å². The summed E-state index contributed by atoms with van der Waals surface area (Å²) in [6, 6.07) is 5.30. The molecule has 3 aromatic rings. The van der Waals surface area contributed by atoms with E-state index < -0.39 is 0 Å². The van der Waals surface area contributed by atoms with Crippen LogP contribution in [0.15, 0.2) is 24.4 Å². The lowest BCUT2D eigenvalue weighted by Gasteiger charge is -2.12. The fourth-order valence-corrected chi connectivity index (χ4v) is 3.36. The van der Waals surface area contributed by atoms with Crippen LogP contribution < -0.4 is 10.5 Å². The van der Waals surface area contributed by atoms with E-state index in [0.717, 1.165) is 11.1 Å². The van der Waals surface area contributed by atoms with Crippen LogP contribution in [0.1, 0.15) is 5.56 Å². The Balaban J connectivity index is 2.11. The Kier molecular flexibility index (Phi) is 3.06. The molecule has 1 aromatic carbocycles. The lowest BCUT2D eigenvalue weighted by Crippen LogP contribution is -2.01. The van der Waals surface area contributed by atoms with E-state index in [1.54, 1.807) is 18.3 Å². The van der Waals surface area contributed by atoms with Crippen molar-refractivity contribution in [1.29, 1.82) is 0 Å². The second kappa shape index (κ2) is 4.97. The minimum atomic E-state index is 0.175. The van der Waals surface area contributed by atoms with Gasteiger partial charge in [-0.3, -0.25) is 4.98 Å². The van der Waals surface area contributed by atoms with Gasteiger partial charge in [-0.1, -0.05) is 23.2 Å². The van der Waals surface area contributed by atoms with Crippen LogP contribution in [0.4, 0.5) is 5.95 Å². The van der Waals surface area contributed by atoms with Gasteiger partial charge >= 0.3 is 0 Å². The van der Waals surface area contributed by atoms with E-state index in [4.69, 9.17) is 33.7 Å². The van der Waals surface area contributed by atoms with Crippen molar-refractivity contribution >= 4 is 40.2 Å². The average molecular weight is 333 g/mol.